The molecule has 1 aliphatic carbocycles. The van der Waals surface area contributed by atoms with E-state index in [1.165, 1.54) is 32.1 Å². The van der Waals surface area contributed by atoms with Crippen LogP contribution in [0.3, 0.4) is 0 Å². The van der Waals surface area contributed by atoms with Gasteiger partial charge in [-0.2, -0.15) is 4.98 Å². The Kier molecular flexibility index (Phi) is 6.12. The first-order chi connectivity index (χ1) is 14.2. The number of carbonyl (C=O) groups excluding carboxylic acids is 1. The second-order valence-electron chi connectivity index (χ2n) is 7.83. The molecule has 1 saturated carbocycles. The molecule has 7 heteroatoms. The lowest BCUT2D eigenvalue weighted by Crippen LogP contribution is -2.48. The van der Waals surface area contributed by atoms with E-state index in [1.54, 1.807) is 18.4 Å². The van der Waals surface area contributed by atoms with E-state index in [0.717, 1.165) is 30.5 Å². The third-order valence-corrected chi connectivity index (χ3v) is 5.63. The van der Waals surface area contributed by atoms with E-state index in [0.29, 0.717) is 24.9 Å². The van der Waals surface area contributed by atoms with Crippen LogP contribution in [0.2, 0.25) is 0 Å². The number of piperazine rings is 1. The smallest absolute Gasteiger partial charge is 0.246 e. The lowest BCUT2D eigenvalue weighted by Gasteiger charge is -2.35. The van der Waals surface area contributed by atoms with Crippen LogP contribution in [0.15, 0.2) is 35.0 Å². The molecule has 2 aromatic rings. The number of aryl methyl sites for hydroxylation is 1. The molecule has 1 amide bonds. The van der Waals surface area contributed by atoms with Crippen LogP contribution in [0.5, 0.6) is 0 Å². The third-order valence-electron chi connectivity index (χ3n) is 5.63. The van der Waals surface area contributed by atoms with Gasteiger partial charge in [0.15, 0.2) is 0 Å². The summed E-state index contributed by atoms with van der Waals surface area (Å²) in [5.74, 6) is 2.37. The number of rotatable bonds is 5. The molecule has 0 unspecified atom stereocenters. The molecule has 1 N–H and O–H groups in total. The molecule has 1 aliphatic heterocycles. The number of furan rings is 1. The average Bonchev–Trinajstić information content (AvgIpc) is 3.26. The molecule has 0 radical (unpaired) electrons. The van der Waals surface area contributed by atoms with Crippen LogP contribution in [0.25, 0.3) is 6.08 Å². The molecule has 0 spiro atoms. The molecular formula is C22H29N5O2. The zero-order valence-electron chi connectivity index (χ0n) is 17.0. The van der Waals surface area contributed by atoms with E-state index in [2.05, 4.69) is 15.2 Å². The lowest BCUT2D eigenvalue weighted by atomic mass is 9.96. The monoisotopic (exact) mass is 395 g/mol. The van der Waals surface area contributed by atoms with Crippen LogP contribution in [0, 0.1) is 6.92 Å². The zero-order valence-corrected chi connectivity index (χ0v) is 17.0. The number of carbonyl (C=O) groups is 1. The zero-order chi connectivity index (χ0) is 20.1. The summed E-state index contributed by atoms with van der Waals surface area (Å²) in [5, 5.41) is 3.53. The first-order valence-corrected chi connectivity index (χ1v) is 10.5. The van der Waals surface area contributed by atoms with E-state index in [9.17, 15) is 4.79 Å². The van der Waals surface area contributed by atoms with E-state index >= 15 is 0 Å². The van der Waals surface area contributed by atoms with Gasteiger partial charge < -0.3 is 19.5 Å². The van der Waals surface area contributed by atoms with E-state index in [-0.39, 0.29) is 5.91 Å². The molecule has 2 fully saturated rings. The average molecular weight is 396 g/mol. The van der Waals surface area contributed by atoms with E-state index in [4.69, 9.17) is 9.40 Å². The van der Waals surface area contributed by atoms with E-state index in [1.807, 2.05) is 30.0 Å². The van der Waals surface area contributed by atoms with E-state index < -0.39 is 0 Å². The minimum absolute atomic E-state index is 0.0135. The van der Waals surface area contributed by atoms with Gasteiger partial charge in [-0.05, 0) is 38.0 Å². The number of anilines is 2. The predicted molar refractivity (Wildman–Crippen MR) is 114 cm³/mol. The second kappa shape index (κ2) is 9.11. The van der Waals surface area contributed by atoms with Crippen molar-refractivity contribution >= 4 is 23.7 Å². The molecule has 1 saturated heterocycles. The molecule has 2 aromatic heterocycles. The van der Waals surface area contributed by atoms with Crippen LogP contribution >= 0.6 is 0 Å². The molecule has 4 rings (SSSR count). The van der Waals surface area contributed by atoms with Crippen molar-refractivity contribution in [2.75, 3.05) is 36.4 Å². The van der Waals surface area contributed by atoms with Gasteiger partial charge in [-0.1, -0.05) is 19.3 Å². The Balaban J connectivity index is 1.34. The number of nitrogens with one attached hydrogen (secondary N) is 1. The molecule has 3 heterocycles. The van der Waals surface area contributed by atoms with Gasteiger partial charge in [-0.25, -0.2) is 4.98 Å². The van der Waals surface area contributed by atoms with Crippen molar-refractivity contribution in [3.63, 3.8) is 0 Å². The fraction of sp³-hybridized carbons (Fsp3) is 0.500. The SMILES string of the molecule is Cc1cc(N2CCN(C(=O)/C=C/c3ccco3)CC2)nc(NC2CCCCC2)n1. The standard InChI is InChI=1S/C22H29N5O2/c1-17-16-20(25-22(23-17)24-18-6-3-2-4-7-18)26-11-13-27(14-12-26)21(28)10-9-19-8-5-15-29-19/h5,8-10,15-16,18H,2-4,6-7,11-14H2,1H3,(H,23,24,25)/b10-9+. The van der Waals surface area contributed by atoms with Gasteiger partial charge in [0, 0.05) is 50.1 Å². The number of aromatic nitrogens is 2. The first-order valence-electron chi connectivity index (χ1n) is 10.5. The fourth-order valence-corrected chi connectivity index (χ4v) is 4.01. The van der Waals surface area contributed by atoms with Gasteiger partial charge in [0.1, 0.15) is 11.6 Å². The minimum atomic E-state index is 0.0135. The molecule has 0 aromatic carbocycles. The maximum absolute atomic E-state index is 12.4. The van der Waals surface area contributed by atoms with Crippen molar-refractivity contribution < 1.29 is 9.21 Å². The molecule has 0 atom stereocenters. The summed E-state index contributed by atoms with van der Waals surface area (Å²) in [4.78, 5) is 25.9. The molecule has 29 heavy (non-hydrogen) atoms. The van der Waals surface area contributed by atoms with Gasteiger partial charge in [0.25, 0.3) is 0 Å². The maximum atomic E-state index is 12.4. The summed E-state index contributed by atoms with van der Waals surface area (Å²) in [6.45, 7) is 4.89. The molecular weight excluding hydrogens is 366 g/mol. The Morgan fingerprint density at radius 3 is 2.69 bits per heavy atom. The number of hydrogen-bond acceptors (Lipinski definition) is 6. The lowest BCUT2D eigenvalue weighted by molar-refractivity contribution is -0.126. The van der Waals surface area contributed by atoms with Gasteiger partial charge in [-0.15, -0.1) is 0 Å². The highest BCUT2D eigenvalue weighted by Gasteiger charge is 2.22. The third kappa shape index (κ3) is 5.16. The number of amides is 1. The Morgan fingerprint density at radius 1 is 1.17 bits per heavy atom. The normalized spacial score (nSPS) is 18.4. The van der Waals surface area contributed by atoms with Crippen LogP contribution < -0.4 is 10.2 Å². The van der Waals surface area contributed by atoms with Gasteiger partial charge >= 0.3 is 0 Å². The highest BCUT2D eigenvalue weighted by molar-refractivity contribution is 5.91. The topological polar surface area (TPSA) is 74.5 Å². The Labute approximate surface area is 171 Å². The summed E-state index contributed by atoms with van der Waals surface area (Å²) in [5.41, 5.74) is 0.966. The quantitative estimate of drug-likeness (QED) is 0.781. The Hall–Kier alpha value is -2.83. The summed E-state index contributed by atoms with van der Waals surface area (Å²) in [6, 6.07) is 6.15. The summed E-state index contributed by atoms with van der Waals surface area (Å²) < 4.78 is 5.24. The highest BCUT2D eigenvalue weighted by atomic mass is 16.3. The largest absolute Gasteiger partial charge is 0.465 e. The molecule has 7 nitrogen and oxygen atoms in total. The summed E-state index contributed by atoms with van der Waals surface area (Å²) in [7, 11) is 0. The van der Waals surface area contributed by atoms with Crippen LogP contribution in [0.4, 0.5) is 11.8 Å². The second-order valence-corrected chi connectivity index (χ2v) is 7.83. The van der Waals surface area contributed by atoms with Crippen molar-refractivity contribution in [1.82, 2.24) is 14.9 Å². The predicted octanol–water partition coefficient (Wildman–Crippen LogP) is 3.48. The number of hydrogen-bond donors (Lipinski definition) is 1. The van der Waals surface area contributed by atoms with Gasteiger partial charge in [0.2, 0.25) is 11.9 Å². The maximum Gasteiger partial charge on any atom is 0.246 e. The highest BCUT2D eigenvalue weighted by Crippen LogP contribution is 2.22. The summed E-state index contributed by atoms with van der Waals surface area (Å²) >= 11 is 0. The molecule has 154 valence electrons. The van der Waals surface area contributed by atoms with Crippen molar-refractivity contribution in [2.45, 2.75) is 45.1 Å². The van der Waals surface area contributed by atoms with Crippen molar-refractivity contribution in [3.8, 4) is 0 Å². The summed E-state index contributed by atoms with van der Waals surface area (Å²) in [6.07, 6.45) is 11.2. The molecule has 0 bridgehead atoms. The van der Waals surface area contributed by atoms with Crippen molar-refractivity contribution in [1.29, 1.82) is 0 Å². The van der Waals surface area contributed by atoms with Crippen molar-refractivity contribution in [3.05, 3.63) is 42.0 Å². The van der Waals surface area contributed by atoms with Gasteiger partial charge in [0.05, 0.1) is 6.26 Å². The Morgan fingerprint density at radius 2 is 1.97 bits per heavy atom. The Bertz CT molecular complexity index is 835. The fourth-order valence-electron chi connectivity index (χ4n) is 4.01. The van der Waals surface area contributed by atoms with Gasteiger partial charge in [-0.3, -0.25) is 4.79 Å². The minimum Gasteiger partial charge on any atom is -0.465 e. The van der Waals surface area contributed by atoms with Crippen LogP contribution in [-0.4, -0.2) is 53.0 Å². The molecule has 2 aliphatic rings. The first kappa shape index (κ1) is 19.5. The van der Waals surface area contributed by atoms with Crippen molar-refractivity contribution in [2.24, 2.45) is 0 Å². The number of nitrogens with zero attached hydrogens (tertiary/aromatic N) is 4. The van der Waals surface area contributed by atoms with Crippen LogP contribution in [0.1, 0.15) is 43.6 Å². The van der Waals surface area contributed by atoms with Crippen LogP contribution in [-0.2, 0) is 4.79 Å².